The highest BCUT2D eigenvalue weighted by Gasteiger charge is 2.17. The fraction of sp³-hybridized carbons (Fsp3) is 0.300. The minimum atomic E-state index is -0.313. The summed E-state index contributed by atoms with van der Waals surface area (Å²) in [5.41, 5.74) is 1.37. The minimum absolute atomic E-state index is 0.0300. The zero-order valence-corrected chi connectivity index (χ0v) is 9.41. The van der Waals surface area contributed by atoms with Gasteiger partial charge in [-0.25, -0.2) is 0 Å². The van der Waals surface area contributed by atoms with E-state index in [4.69, 9.17) is 23.2 Å². The van der Waals surface area contributed by atoms with E-state index < -0.39 is 0 Å². The van der Waals surface area contributed by atoms with Crippen LogP contribution in [-0.4, -0.2) is 16.8 Å². The number of ketones is 1. The predicted octanol–water partition coefficient (Wildman–Crippen LogP) is 3.08. The Hall–Kier alpha value is -0.730. The van der Waals surface area contributed by atoms with Gasteiger partial charge in [-0.05, 0) is 31.0 Å². The van der Waals surface area contributed by atoms with E-state index in [-0.39, 0.29) is 23.0 Å². The highest BCUT2D eigenvalue weighted by atomic mass is 35.5. The molecule has 0 heterocycles. The molecule has 0 saturated carbocycles. The van der Waals surface area contributed by atoms with Gasteiger partial charge in [0.15, 0.2) is 5.78 Å². The molecule has 1 aromatic rings. The molecule has 0 aromatic heterocycles. The van der Waals surface area contributed by atoms with Crippen molar-refractivity contribution in [3.05, 3.63) is 27.8 Å². The Bertz CT molecular complexity index is 360. The molecule has 0 saturated heterocycles. The molecule has 0 bridgehead atoms. The number of carbonyl (C=O) groups is 1. The summed E-state index contributed by atoms with van der Waals surface area (Å²) in [5, 5.41) is 10.1. The summed E-state index contributed by atoms with van der Waals surface area (Å²) >= 11 is 11.3. The number of benzene rings is 1. The van der Waals surface area contributed by atoms with E-state index in [1.165, 1.54) is 0 Å². The number of carbonyl (C=O) groups excluding carboxylic acids is 1. The molecule has 0 aliphatic carbocycles. The van der Waals surface area contributed by atoms with Crippen LogP contribution in [0.3, 0.4) is 0 Å². The van der Waals surface area contributed by atoms with Crippen LogP contribution in [0.25, 0.3) is 0 Å². The summed E-state index contributed by atoms with van der Waals surface area (Å²) in [6.45, 7) is 3.37. The second kappa shape index (κ2) is 4.20. The van der Waals surface area contributed by atoms with Gasteiger partial charge in [0.2, 0.25) is 0 Å². The third-order valence-corrected chi connectivity index (χ3v) is 2.72. The summed E-state index contributed by atoms with van der Waals surface area (Å²) in [4.78, 5) is 11.4. The normalized spacial score (nSPS) is 10.3. The maximum Gasteiger partial charge on any atom is 0.181 e. The van der Waals surface area contributed by atoms with E-state index in [1.807, 2.05) is 0 Å². The molecular formula is C10H10Cl2O2. The van der Waals surface area contributed by atoms with Gasteiger partial charge in [-0.1, -0.05) is 11.6 Å². The van der Waals surface area contributed by atoms with Crippen LogP contribution in [0.2, 0.25) is 5.02 Å². The first-order valence-corrected chi connectivity index (χ1v) is 4.98. The molecule has 0 aliphatic heterocycles. The van der Waals surface area contributed by atoms with Gasteiger partial charge in [0.05, 0.1) is 11.4 Å². The molecule has 1 N–H and O–H groups in total. The van der Waals surface area contributed by atoms with Crippen LogP contribution in [0.4, 0.5) is 0 Å². The molecule has 1 aromatic carbocycles. The van der Waals surface area contributed by atoms with Crippen LogP contribution >= 0.6 is 23.2 Å². The fourth-order valence-corrected chi connectivity index (χ4v) is 1.66. The zero-order valence-electron chi connectivity index (χ0n) is 7.90. The van der Waals surface area contributed by atoms with Crippen LogP contribution in [0.1, 0.15) is 21.5 Å². The van der Waals surface area contributed by atoms with Crippen molar-refractivity contribution in [3.8, 4) is 5.75 Å². The fourth-order valence-electron chi connectivity index (χ4n) is 1.27. The van der Waals surface area contributed by atoms with Crippen molar-refractivity contribution in [2.75, 3.05) is 5.88 Å². The Kier molecular flexibility index (Phi) is 3.40. The van der Waals surface area contributed by atoms with Crippen molar-refractivity contribution in [2.24, 2.45) is 0 Å². The van der Waals surface area contributed by atoms with Gasteiger partial charge in [0, 0.05) is 5.02 Å². The summed E-state index contributed by atoms with van der Waals surface area (Å²) < 4.78 is 0. The molecular weight excluding hydrogens is 223 g/mol. The van der Waals surface area contributed by atoms with Crippen molar-refractivity contribution in [1.29, 1.82) is 0 Å². The molecule has 0 fully saturated rings. The Labute approximate surface area is 92.5 Å². The highest BCUT2D eigenvalue weighted by molar-refractivity contribution is 6.34. The number of alkyl halides is 1. The third-order valence-electron chi connectivity index (χ3n) is 2.09. The SMILES string of the molecule is Cc1cc(Cl)c(C)c(C(=O)CCl)c1O. The number of phenols is 1. The number of aryl methyl sites for hydroxylation is 1. The van der Waals surface area contributed by atoms with Gasteiger partial charge in [-0.3, -0.25) is 4.79 Å². The molecule has 0 spiro atoms. The molecule has 14 heavy (non-hydrogen) atoms. The average molecular weight is 233 g/mol. The van der Waals surface area contributed by atoms with E-state index >= 15 is 0 Å². The standard InChI is InChI=1S/C10H10Cl2O2/c1-5-3-7(12)6(2)9(10(5)14)8(13)4-11/h3,14H,4H2,1-2H3. The van der Waals surface area contributed by atoms with Gasteiger partial charge in [0.25, 0.3) is 0 Å². The van der Waals surface area contributed by atoms with Crippen molar-refractivity contribution in [3.63, 3.8) is 0 Å². The van der Waals surface area contributed by atoms with Crippen LogP contribution in [0.15, 0.2) is 6.07 Å². The predicted molar refractivity (Wildman–Crippen MR) is 57.6 cm³/mol. The number of rotatable bonds is 2. The van der Waals surface area contributed by atoms with Gasteiger partial charge in [-0.15, -0.1) is 11.6 Å². The third kappa shape index (κ3) is 1.86. The zero-order chi connectivity index (χ0) is 10.9. The first-order valence-electron chi connectivity index (χ1n) is 4.06. The lowest BCUT2D eigenvalue weighted by Crippen LogP contribution is -2.05. The summed E-state index contributed by atoms with van der Waals surface area (Å²) in [7, 11) is 0. The molecule has 1 rings (SSSR count). The van der Waals surface area contributed by atoms with Crippen molar-refractivity contribution < 1.29 is 9.90 Å². The van der Waals surface area contributed by atoms with Gasteiger partial charge in [0.1, 0.15) is 5.75 Å². The van der Waals surface area contributed by atoms with Crippen molar-refractivity contribution in [1.82, 2.24) is 0 Å². The molecule has 0 unspecified atom stereocenters. The summed E-state index contributed by atoms with van der Waals surface area (Å²) in [5.74, 6) is -0.501. The maximum atomic E-state index is 11.4. The molecule has 76 valence electrons. The quantitative estimate of drug-likeness (QED) is 0.629. The lowest BCUT2D eigenvalue weighted by atomic mass is 10.0. The second-order valence-electron chi connectivity index (χ2n) is 3.08. The first kappa shape index (κ1) is 11.3. The Morgan fingerprint density at radius 2 is 2.07 bits per heavy atom. The number of hydrogen-bond donors (Lipinski definition) is 1. The number of phenolic OH excluding ortho intramolecular Hbond substituents is 1. The van der Waals surface area contributed by atoms with E-state index in [2.05, 4.69) is 0 Å². The Balaban J connectivity index is 3.47. The Morgan fingerprint density at radius 3 is 2.57 bits per heavy atom. The lowest BCUT2D eigenvalue weighted by molar-refractivity contribution is 0.101. The summed E-state index contributed by atoms with van der Waals surface area (Å²) in [6.07, 6.45) is 0. The molecule has 4 heteroatoms. The van der Waals surface area contributed by atoms with E-state index in [9.17, 15) is 9.90 Å². The van der Waals surface area contributed by atoms with Crippen molar-refractivity contribution >= 4 is 29.0 Å². The van der Waals surface area contributed by atoms with Crippen LogP contribution in [0, 0.1) is 13.8 Å². The van der Waals surface area contributed by atoms with Crippen LogP contribution in [0.5, 0.6) is 5.75 Å². The van der Waals surface area contributed by atoms with Gasteiger partial charge in [-0.2, -0.15) is 0 Å². The number of aromatic hydroxyl groups is 1. The second-order valence-corrected chi connectivity index (χ2v) is 3.76. The highest BCUT2D eigenvalue weighted by Crippen LogP contribution is 2.31. The lowest BCUT2D eigenvalue weighted by Gasteiger charge is -2.10. The molecule has 0 atom stereocenters. The number of Topliss-reactive ketones (excluding diaryl/α,β-unsaturated/α-hetero) is 1. The molecule has 0 amide bonds. The maximum absolute atomic E-state index is 11.4. The number of halogens is 2. The van der Waals surface area contributed by atoms with Gasteiger partial charge >= 0.3 is 0 Å². The first-order chi connectivity index (χ1) is 6.49. The van der Waals surface area contributed by atoms with Crippen molar-refractivity contribution in [2.45, 2.75) is 13.8 Å². The molecule has 2 nitrogen and oxygen atoms in total. The smallest absolute Gasteiger partial charge is 0.181 e. The van der Waals surface area contributed by atoms with E-state index in [1.54, 1.807) is 19.9 Å². The van der Waals surface area contributed by atoms with Gasteiger partial charge < -0.3 is 5.11 Å². The molecule has 0 radical (unpaired) electrons. The minimum Gasteiger partial charge on any atom is -0.507 e. The summed E-state index contributed by atoms with van der Waals surface area (Å²) in [6, 6.07) is 1.62. The Morgan fingerprint density at radius 1 is 1.50 bits per heavy atom. The largest absolute Gasteiger partial charge is 0.507 e. The molecule has 0 aliphatic rings. The van der Waals surface area contributed by atoms with Crippen LogP contribution in [-0.2, 0) is 0 Å². The monoisotopic (exact) mass is 232 g/mol. The topological polar surface area (TPSA) is 37.3 Å². The number of hydrogen-bond acceptors (Lipinski definition) is 2. The van der Waals surface area contributed by atoms with Crippen LogP contribution < -0.4 is 0 Å². The van der Waals surface area contributed by atoms with E-state index in [0.717, 1.165) is 0 Å². The average Bonchev–Trinajstić information content (AvgIpc) is 2.15. The van der Waals surface area contributed by atoms with E-state index in [0.29, 0.717) is 16.1 Å².